The van der Waals surface area contributed by atoms with E-state index in [1.807, 2.05) is 0 Å². The molecule has 3 rings (SSSR count). The largest absolute Gasteiger partial charge is 0.377 e. The van der Waals surface area contributed by atoms with Crippen LogP contribution >= 0.6 is 0 Å². The molecule has 2 aliphatic carbocycles. The van der Waals surface area contributed by atoms with Crippen molar-refractivity contribution in [3.05, 3.63) is 11.6 Å². The first-order valence-electron chi connectivity index (χ1n) is 11.0. The zero-order valence-corrected chi connectivity index (χ0v) is 16.3. The molecule has 2 saturated carbocycles. The molecule has 0 aromatic carbocycles. The fraction of sp³-hybridized carbons (Fsp3) is 0.913. The molecule has 1 nitrogen and oxygen atoms in total. The fourth-order valence-corrected chi connectivity index (χ4v) is 5.40. The quantitative estimate of drug-likeness (QED) is 0.423. The predicted molar refractivity (Wildman–Crippen MR) is 103 cm³/mol. The topological polar surface area (TPSA) is 9.23 Å². The monoisotopic (exact) mass is 332 g/mol. The smallest absolute Gasteiger partial charge is 0.0650 e. The molecular weight excluding hydrogens is 292 g/mol. The third-order valence-electron chi connectivity index (χ3n) is 7.62. The lowest BCUT2D eigenvalue weighted by atomic mass is 9.70. The summed E-state index contributed by atoms with van der Waals surface area (Å²) in [5, 5.41) is 0. The van der Waals surface area contributed by atoms with Gasteiger partial charge in [0.2, 0.25) is 0 Å². The molecule has 1 heterocycles. The lowest BCUT2D eigenvalue weighted by Gasteiger charge is -2.36. The summed E-state index contributed by atoms with van der Waals surface area (Å²) in [4.78, 5) is 0. The minimum atomic E-state index is 0.781. The third-order valence-corrected chi connectivity index (χ3v) is 7.62. The molecule has 0 aromatic heterocycles. The van der Waals surface area contributed by atoms with Gasteiger partial charge in [-0.3, -0.25) is 0 Å². The molecular formula is C23H40O. The van der Waals surface area contributed by atoms with E-state index in [0.29, 0.717) is 0 Å². The molecule has 3 atom stereocenters. The average molecular weight is 333 g/mol. The predicted octanol–water partition coefficient (Wildman–Crippen LogP) is 6.77. The van der Waals surface area contributed by atoms with E-state index in [-0.39, 0.29) is 0 Å². The Morgan fingerprint density at radius 2 is 1.62 bits per heavy atom. The summed E-state index contributed by atoms with van der Waals surface area (Å²) in [6, 6.07) is 0. The highest BCUT2D eigenvalue weighted by Gasteiger charge is 2.29. The summed E-state index contributed by atoms with van der Waals surface area (Å²) in [5.41, 5.74) is 1.67. The van der Waals surface area contributed by atoms with Gasteiger partial charge in [-0.1, -0.05) is 76.9 Å². The van der Waals surface area contributed by atoms with Crippen LogP contribution in [0.1, 0.15) is 90.9 Å². The van der Waals surface area contributed by atoms with E-state index in [0.717, 1.165) is 42.8 Å². The van der Waals surface area contributed by atoms with E-state index >= 15 is 0 Å². The van der Waals surface area contributed by atoms with Crippen LogP contribution in [0.5, 0.6) is 0 Å². The van der Waals surface area contributed by atoms with Crippen molar-refractivity contribution in [1.82, 2.24) is 0 Å². The highest BCUT2D eigenvalue weighted by atomic mass is 16.5. The first-order valence-corrected chi connectivity index (χ1v) is 11.0. The number of rotatable bonds is 9. The van der Waals surface area contributed by atoms with Crippen LogP contribution in [-0.2, 0) is 4.74 Å². The van der Waals surface area contributed by atoms with Gasteiger partial charge in [0.25, 0.3) is 0 Å². The second-order valence-corrected chi connectivity index (χ2v) is 9.13. The van der Waals surface area contributed by atoms with Crippen molar-refractivity contribution in [2.75, 3.05) is 13.2 Å². The van der Waals surface area contributed by atoms with Gasteiger partial charge in [-0.25, -0.2) is 0 Å². The Kier molecular flexibility index (Phi) is 7.25. The van der Waals surface area contributed by atoms with Crippen molar-refractivity contribution >= 4 is 0 Å². The van der Waals surface area contributed by atoms with Crippen molar-refractivity contribution in [2.45, 2.75) is 90.9 Å². The fourth-order valence-electron chi connectivity index (χ4n) is 5.40. The van der Waals surface area contributed by atoms with Crippen LogP contribution in [0.25, 0.3) is 0 Å². The molecule has 0 radical (unpaired) electrons. The van der Waals surface area contributed by atoms with Crippen LogP contribution in [-0.4, -0.2) is 13.2 Å². The molecule has 1 heteroatoms. The molecule has 138 valence electrons. The van der Waals surface area contributed by atoms with Gasteiger partial charge in [-0.15, -0.1) is 0 Å². The van der Waals surface area contributed by atoms with E-state index in [4.69, 9.17) is 4.74 Å². The normalized spacial score (nSPS) is 26.7. The van der Waals surface area contributed by atoms with Gasteiger partial charge in [0.05, 0.1) is 13.2 Å². The Bertz CT molecular complexity index is 389. The van der Waals surface area contributed by atoms with Crippen molar-refractivity contribution in [3.8, 4) is 0 Å². The summed E-state index contributed by atoms with van der Waals surface area (Å²) in [7, 11) is 0. The number of hydrogen-bond acceptors (Lipinski definition) is 1. The summed E-state index contributed by atoms with van der Waals surface area (Å²) < 4.78 is 5.48. The van der Waals surface area contributed by atoms with E-state index in [9.17, 15) is 0 Å². The Morgan fingerprint density at radius 1 is 0.917 bits per heavy atom. The second-order valence-electron chi connectivity index (χ2n) is 9.13. The minimum Gasteiger partial charge on any atom is -0.377 e. The maximum atomic E-state index is 5.48. The maximum absolute atomic E-state index is 5.48. The molecule has 1 aliphatic heterocycles. The Hall–Kier alpha value is -0.300. The first-order chi connectivity index (χ1) is 11.7. The summed E-state index contributed by atoms with van der Waals surface area (Å²) in [6.45, 7) is 6.80. The molecule has 0 spiro atoms. The second kappa shape index (κ2) is 9.41. The van der Waals surface area contributed by atoms with Gasteiger partial charge < -0.3 is 4.74 Å². The van der Waals surface area contributed by atoms with E-state index in [1.54, 1.807) is 5.57 Å². The van der Waals surface area contributed by atoms with Gasteiger partial charge in [0.15, 0.2) is 0 Å². The van der Waals surface area contributed by atoms with Gasteiger partial charge in [0.1, 0.15) is 0 Å². The highest BCUT2D eigenvalue weighted by Crippen LogP contribution is 2.41. The molecule has 2 fully saturated rings. The third kappa shape index (κ3) is 5.10. The van der Waals surface area contributed by atoms with Crippen LogP contribution in [0.15, 0.2) is 11.6 Å². The van der Waals surface area contributed by atoms with Crippen LogP contribution in [0.3, 0.4) is 0 Å². The van der Waals surface area contributed by atoms with E-state index < -0.39 is 0 Å². The minimum absolute atomic E-state index is 0.781. The molecule has 0 N–H and O–H groups in total. The molecule has 3 unspecified atom stereocenters. The lowest BCUT2D eigenvalue weighted by Crippen LogP contribution is -2.24. The number of ether oxygens (including phenoxy) is 1. The van der Waals surface area contributed by atoms with Gasteiger partial charge in [0, 0.05) is 0 Å². The molecule has 24 heavy (non-hydrogen) atoms. The highest BCUT2D eigenvalue weighted by molar-refractivity contribution is 5.08. The zero-order chi connectivity index (χ0) is 16.8. The first kappa shape index (κ1) is 18.5. The van der Waals surface area contributed by atoms with Crippen molar-refractivity contribution in [2.24, 2.45) is 29.6 Å². The maximum Gasteiger partial charge on any atom is 0.0650 e. The van der Waals surface area contributed by atoms with Crippen LogP contribution < -0.4 is 0 Å². The van der Waals surface area contributed by atoms with Gasteiger partial charge in [-0.05, 0) is 55.3 Å². The van der Waals surface area contributed by atoms with Crippen LogP contribution in [0, 0.1) is 29.6 Å². The Morgan fingerprint density at radius 3 is 2.25 bits per heavy atom. The van der Waals surface area contributed by atoms with Crippen molar-refractivity contribution in [3.63, 3.8) is 0 Å². The molecule has 0 saturated heterocycles. The lowest BCUT2D eigenvalue weighted by molar-refractivity contribution is 0.146. The Labute approximate surface area is 150 Å². The summed E-state index contributed by atoms with van der Waals surface area (Å²) >= 11 is 0. The standard InChI is InChI=1S/C23H40O/c1-18(20-6-3-4-7-20)10-12-23(22-8-5-9-22)13-11-19(2)21-14-16-24-17-15-21/h14,18-20,22-23H,3-13,15-17H2,1-2H3. The van der Waals surface area contributed by atoms with Crippen molar-refractivity contribution < 1.29 is 4.74 Å². The van der Waals surface area contributed by atoms with Crippen LogP contribution in [0.4, 0.5) is 0 Å². The average Bonchev–Trinajstić information content (AvgIpc) is 3.10. The molecule has 3 aliphatic rings. The Balaban J connectivity index is 1.44. The van der Waals surface area contributed by atoms with E-state index in [1.165, 1.54) is 77.0 Å². The zero-order valence-electron chi connectivity index (χ0n) is 16.3. The van der Waals surface area contributed by atoms with E-state index in [2.05, 4.69) is 19.9 Å². The summed E-state index contributed by atoms with van der Waals surface area (Å²) in [5.74, 6) is 4.90. The summed E-state index contributed by atoms with van der Waals surface area (Å²) in [6.07, 6.45) is 20.0. The molecule has 0 aromatic rings. The molecule has 0 amide bonds. The van der Waals surface area contributed by atoms with Crippen molar-refractivity contribution in [1.29, 1.82) is 0 Å². The van der Waals surface area contributed by atoms with Gasteiger partial charge in [-0.2, -0.15) is 0 Å². The SMILES string of the molecule is CC(CCC(CCC(C)C1CCCC1)C1CCC1)C1=CCOCC1. The van der Waals surface area contributed by atoms with Crippen LogP contribution in [0.2, 0.25) is 0 Å². The van der Waals surface area contributed by atoms with Gasteiger partial charge >= 0.3 is 0 Å². The number of hydrogen-bond donors (Lipinski definition) is 0. The molecule has 0 bridgehead atoms.